The molecule has 0 bridgehead atoms. The molecule has 5 nitrogen and oxygen atoms in total. The average Bonchev–Trinajstić information content (AvgIpc) is 2.95. The number of nitrogens with zero attached hydrogens (tertiary/aromatic N) is 3. The third-order valence-electron chi connectivity index (χ3n) is 3.94. The van der Waals surface area contributed by atoms with Gasteiger partial charge in [-0.05, 0) is 29.5 Å². The van der Waals surface area contributed by atoms with E-state index in [-0.39, 0.29) is 5.41 Å². The highest BCUT2D eigenvalue weighted by atomic mass is 15.3. The van der Waals surface area contributed by atoms with Gasteiger partial charge in [0.2, 0.25) is 0 Å². The van der Waals surface area contributed by atoms with Gasteiger partial charge in [0.15, 0.2) is 5.96 Å². The number of nitrogens with one attached hydrogen (secondary N) is 2. The average molecular weight is 327 g/mol. The van der Waals surface area contributed by atoms with Gasteiger partial charge in [0, 0.05) is 19.8 Å². The summed E-state index contributed by atoms with van der Waals surface area (Å²) in [5, 5.41) is 10.8. The molecule has 0 aliphatic heterocycles. The van der Waals surface area contributed by atoms with Gasteiger partial charge in [-0.3, -0.25) is 4.68 Å². The van der Waals surface area contributed by atoms with Crippen molar-refractivity contribution in [3.05, 3.63) is 53.3 Å². The Kier molecular flexibility index (Phi) is 6.01. The van der Waals surface area contributed by atoms with Gasteiger partial charge in [0.1, 0.15) is 0 Å². The Labute approximate surface area is 145 Å². The largest absolute Gasteiger partial charge is 0.357 e. The van der Waals surface area contributed by atoms with Crippen molar-refractivity contribution in [2.45, 2.75) is 46.2 Å². The summed E-state index contributed by atoms with van der Waals surface area (Å²) in [6.45, 7) is 10.9. The second kappa shape index (κ2) is 7.99. The molecule has 0 unspecified atom stereocenters. The summed E-state index contributed by atoms with van der Waals surface area (Å²) in [6.07, 6.45) is 1.80. The lowest BCUT2D eigenvalue weighted by atomic mass is 9.87. The van der Waals surface area contributed by atoms with Crippen molar-refractivity contribution >= 4 is 5.96 Å². The summed E-state index contributed by atoms with van der Waals surface area (Å²) < 4.78 is 1.86. The number of hydrogen-bond donors (Lipinski definition) is 2. The van der Waals surface area contributed by atoms with E-state index in [4.69, 9.17) is 0 Å². The van der Waals surface area contributed by atoms with Gasteiger partial charge in [-0.1, -0.05) is 45.0 Å². The van der Waals surface area contributed by atoms with Crippen molar-refractivity contribution in [1.29, 1.82) is 0 Å². The number of benzene rings is 1. The third kappa shape index (κ3) is 5.11. The molecule has 2 rings (SSSR count). The Hall–Kier alpha value is -2.30. The maximum absolute atomic E-state index is 4.67. The zero-order chi connectivity index (χ0) is 17.6. The lowest BCUT2D eigenvalue weighted by molar-refractivity contribution is 0.590. The van der Waals surface area contributed by atoms with Gasteiger partial charge in [-0.15, -0.1) is 0 Å². The van der Waals surface area contributed by atoms with Crippen LogP contribution in [0.15, 0.2) is 41.5 Å². The molecule has 0 atom stereocenters. The lowest BCUT2D eigenvalue weighted by Crippen LogP contribution is -2.37. The van der Waals surface area contributed by atoms with Gasteiger partial charge < -0.3 is 10.6 Å². The van der Waals surface area contributed by atoms with Crippen molar-refractivity contribution in [3.8, 4) is 0 Å². The van der Waals surface area contributed by atoms with Crippen LogP contribution in [0, 0.1) is 0 Å². The molecule has 1 aromatic carbocycles. The number of rotatable bonds is 5. The van der Waals surface area contributed by atoms with E-state index in [0.717, 1.165) is 18.2 Å². The van der Waals surface area contributed by atoms with E-state index >= 15 is 0 Å². The second-order valence-electron chi connectivity index (χ2n) is 6.94. The van der Waals surface area contributed by atoms with Crippen molar-refractivity contribution in [1.82, 2.24) is 20.4 Å². The third-order valence-corrected chi connectivity index (χ3v) is 3.94. The van der Waals surface area contributed by atoms with E-state index < -0.39 is 0 Å². The molecule has 0 fully saturated rings. The Balaban J connectivity index is 1.98. The van der Waals surface area contributed by atoms with Crippen molar-refractivity contribution in [2.24, 2.45) is 12.0 Å². The highest BCUT2D eigenvalue weighted by Crippen LogP contribution is 2.22. The molecule has 0 radical (unpaired) electrons. The van der Waals surface area contributed by atoms with E-state index in [1.54, 1.807) is 6.20 Å². The monoisotopic (exact) mass is 327 g/mol. The molecular formula is C19H29N5. The van der Waals surface area contributed by atoms with Crippen LogP contribution in [0.1, 0.15) is 44.5 Å². The molecule has 0 amide bonds. The van der Waals surface area contributed by atoms with E-state index in [1.165, 1.54) is 11.1 Å². The summed E-state index contributed by atoms with van der Waals surface area (Å²) in [7, 11) is 1.94. The van der Waals surface area contributed by atoms with Crippen LogP contribution in [0.2, 0.25) is 0 Å². The molecular weight excluding hydrogens is 298 g/mol. The van der Waals surface area contributed by atoms with Crippen LogP contribution in [-0.4, -0.2) is 22.3 Å². The van der Waals surface area contributed by atoms with E-state index in [9.17, 15) is 0 Å². The minimum Gasteiger partial charge on any atom is -0.357 e. The summed E-state index contributed by atoms with van der Waals surface area (Å²) in [5.41, 5.74) is 3.86. The molecule has 1 aromatic heterocycles. The van der Waals surface area contributed by atoms with Crippen LogP contribution < -0.4 is 10.6 Å². The fourth-order valence-corrected chi connectivity index (χ4v) is 2.37. The first-order valence-corrected chi connectivity index (χ1v) is 8.48. The van der Waals surface area contributed by atoms with Crippen LogP contribution in [0.25, 0.3) is 0 Å². The van der Waals surface area contributed by atoms with Gasteiger partial charge in [-0.25, -0.2) is 4.99 Å². The number of aromatic nitrogens is 2. The standard InChI is InChI=1S/C19H29N5/c1-6-20-18(22-14-17-11-12-23-24(17)5)21-13-15-7-9-16(10-8-15)19(2,3)4/h7-12H,6,13-14H2,1-5H3,(H2,20,21,22). The quantitative estimate of drug-likeness (QED) is 0.656. The predicted molar refractivity (Wildman–Crippen MR) is 100 cm³/mol. The Morgan fingerprint density at radius 2 is 1.83 bits per heavy atom. The SMILES string of the molecule is CCNC(=NCc1ccc(C(C)(C)C)cc1)NCc1ccnn1C. The summed E-state index contributed by atoms with van der Waals surface area (Å²) in [6, 6.07) is 10.7. The highest BCUT2D eigenvalue weighted by Gasteiger charge is 2.12. The number of hydrogen-bond acceptors (Lipinski definition) is 2. The zero-order valence-corrected chi connectivity index (χ0v) is 15.4. The molecule has 2 N–H and O–H groups in total. The molecule has 0 aliphatic rings. The first-order chi connectivity index (χ1) is 11.4. The van der Waals surface area contributed by atoms with Gasteiger partial charge in [0.25, 0.3) is 0 Å². The first kappa shape index (κ1) is 18.0. The Morgan fingerprint density at radius 1 is 1.12 bits per heavy atom. The fourth-order valence-electron chi connectivity index (χ4n) is 2.37. The Morgan fingerprint density at radius 3 is 2.38 bits per heavy atom. The highest BCUT2D eigenvalue weighted by molar-refractivity contribution is 5.79. The van der Waals surface area contributed by atoms with Gasteiger partial charge >= 0.3 is 0 Å². The fraction of sp³-hybridized carbons (Fsp3) is 0.474. The molecule has 5 heteroatoms. The molecule has 0 spiro atoms. The summed E-state index contributed by atoms with van der Waals surface area (Å²) in [5.74, 6) is 0.818. The maximum atomic E-state index is 4.67. The zero-order valence-electron chi connectivity index (χ0n) is 15.4. The van der Waals surface area contributed by atoms with Crippen LogP contribution in [0.3, 0.4) is 0 Å². The minimum atomic E-state index is 0.182. The topological polar surface area (TPSA) is 54.2 Å². The normalized spacial score (nSPS) is 12.3. The minimum absolute atomic E-state index is 0.182. The molecule has 0 saturated heterocycles. The first-order valence-electron chi connectivity index (χ1n) is 8.48. The van der Waals surface area contributed by atoms with Crippen LogP contribution in [-0.2, 0) is 25.6 Å². The van der Waals surface area contributed by atoms with Crippen LogP contribution >= 0.6 is 0 Å². The van der Waals surface area contributed by atoms with E-state index in [2.05, 4.69) is 72.7 Å². The van der Waals surface area contributed by atoms with Gasteiger partial charge in [0.05, 0.1) is 18.8 Å². The van der Waals surface area contributed by atoms with Crippen molar-refractivity contribution < 1.29 is 0 Å². The molecule has 130 valence electrons. The van der Waals surface area contributed by atoms with Crippen molar-refractivity contribution in [2.75, 3.05) is 6.54 Å². The Bertz CT molecular complexity index is 662. The smallest absolute Gasteiger partial charge is 0.191 e. The predicted octanol–water partition coefficient (Wildman–Crippen LogP) is 2.97. The van der Waals surface area contributed by atoms with E-state index in [0.29, 0.717) is 13.1 Å². The maximum Gasteiger partial charge on any atom is 0.191 e. The number of guanidine groups is 1. The molecule has 1 heterocycles. The molecule has 2 aromatic rings. The van der Waals surface area contributed by atoms with Crippen molar-refractivity contribution in [3.63, 3.8) is 0 Å². The summed E-state index contributed by atoms with van der Waals surface area (Å²) in [4.78, 5) is 4.67. The summed E-state index contributed by atoms with van der Waals surface area (Å²) >= 11 is 0. The number of aliphatic imine (C=N–C) groups is 1. The van der Waals surface area contributed by atoms with E-state index in [1.807, 2.05) is 17.8 Å². The molecule has 0 aliphatic carbocycles. The van der Waals surface area contributed by atoms with Crippen LogP contribution in [0.5, 0.6) is 0 Å². The molecule has 24 heavy (non-hydrogen) atoms. The second-order valence-corrected chi connectivity index (χ2v) is 6.94. The van der Waals surface area contributed by atoms with Crippen LogP contribution in [0.4, 0.5) is 0 Å². The number of aryl methyl sites for hydroxylation is 1. The van der Waals surface area contributed by atoms with Gasteiger partial charge in [-0.2, -0.15) is 5.10 Å². The molecule has 0 saturated carbocycles. The lowest BCUT2D eigenvalue weighted by Gasteiger charge is -2.19.